The lowest BCUT2D eigenvalue weighted by Gasteiger charge is -2.14. The Bertz CT molecular complexity index is 1580. The summed E-state index contributed by atoms with van der Waals surface area (Å²) in [5.74, 6) is 0.105. The van der Waals surface area contributed by atoms with Gasteiger partial charge in [-0.05, 0) is 35.0 Å². The lowest BCUT2D eigenvalue weighted by atomic mass is 10.1. The van der Waals surface area contributed by atoms with Gasteiger partial charge in [0.1, 0.15) is 4.90 Å². The second-order valence-electron chi connectivity index (χ2n) is 6.96. The first-order chi connectivity index (χ1) is 15.0. The summed E-state index contributed by atoms with van der Waals surface area (Å²) in [4.78, 5) is 18.0. The summed E-state index contributed by atoms with van der Waals surface area (Å²) in [7, 11) is -4.25. The van der Waals surface area contributed by atoms with Gasteiger partial charge in [-0.3, -0.25) is 9.08 Å². The average Bonchev–Trinajstić information content (AvgIpc) is 2.81. The molecule has 0 aliphatic carbocycles. The van der Waals surface area contributed by atoms with Crippen LogP contribution in [-0.2, 0) is 10.1 Å². The molecule has 31 heavy (non-hydrogen) atoms. The Hall–Kier alpha value is -3.97. The Morgan fingerprint density at radius 1 is 0.742 bits per heavy atom. The van der Waals surface area contributed by atoms with Crippen molar-refractivity contribution in [2.45, 2.75) is 4.90 Å². The highest BCUT2D eigenvalue weighted by Gasteiger charge is 2.22. The molecule has 0 saturated carbocycles. The van der Waals surface area contributed by atoms with E-state index in [1.165, 1.54) is 12.1 Å². The Kier molecular flexibility index (Phi) is 4.52. The van der Waals surface area contributed by atoms with Gasteiger partial charge in [-0.2, -0.15) is 8.42 Å². The van der Waals surface area contributed by atoms with Crippen molar-refractivity contribution < 1.29 is 12.7 Å². The van der Waals surface area contributed by atoms with Crippen LogP contribution in [0, 0.1) is 0 Å². The number of benzene rings is 4. The second-order valence-corrected chi connectivity index (χ2v) is 8.49. The molecule has 0 saturated heterocycles. The minimum Gasteiger partial charge on any atom is -0.279 e. The molecule has 1 aromatic heterocycles. The van der Waals surface area contributed by atoms with Crippen LogP contribution >= 0.6 is 0 Å². The van der Waals surface area contributed by atoms with Gasteiger partial charge in [-0.1, -0.05) is 72.8 Å². The van der Waals surface area contributed by atoms with Crippen LogP contribution in [0.4, 0.5) is 0 Å². The van der Waals surface area contributed by atoms with Crippen molar-refractivity contribution in [3.8, 4) is 11.4 Å². The molecule has 0 unspecified atom stereocenters. The SMILES string of the molecule is O=c1c2cc3ccccc3cc2nc(-c2ccccc2)n1OS(=O)(=O)c1ccccc1. The van der Waals surface area contributed by atoms with Crippen LogP contribution in [0.25, 0.3) is 33.1 Å². The van der Waals surface area contributed by atoms with Crippen molar-refractivity contribution in [3.05, 3.63) is 107 Å². The van der Waals surface area contributed by atoms with E-state index in [1.54, 1.807) is 48.5 Å². The van der Waals surface area contributed by atoms with E-state index in [-0.39, 0.29) is 16.1 Å². The van der Waals surface area contributed by atoms with Crippen molar-refractivity contribution in [2.75, 3.05) is 0 Å². The Balaban J connectivity index is 1.80. The van der Waals surface area contributed by atoms with Gasteiger partial charge < -0.3 is 0 Å². The number of nitrogens with zero attached hydrogens (tertiary/aromatic N) is 2. The molecule has 7 heteroatoms. The van der Waals surface area contributed by atoms with Crippen molar-refractivity contribution in [2.24, 2.45) is 0 Å². The molecule has 0 bridgehead atoms. The van der Waals surface area contributed by atoms with Gasteiger partial charge in [0.25, 0.3) is 5.56 Å². The average molecular weight is 428 g/mol. The van der Waals surface area contributed by atoms with Gasteiger partial charge in [0.2, 0.25) is 0 Å². The highest BCUT2D eigenvalue weighted by molar-refractivity contribution is 7.87. The standard InChI is InChI=1S/C24H16N2O4S/c27-24-21-15-18-11-7-8-12-19(18)16-22(21)25-23(17-9-3-1-4-10-17)26(24)30-31(28,29)20-13-5-2-6-14-20/h1-16H. The van der Waals surface area contributed by atoms with E-state index in [9.17, 15) is 13.2 Å². The van der Waals surface area contributed by atoms with Gasteiger partial charge in [0.15, 0.2) is 5.82 Å². The van der Waals surface area contributed by atoms with E-state index in [2.05, 4.69) is 4.98 Å². The quantitative estimate of drug-likeness (QED) is 0.404. The van der Waals surface area contributed by atoms with Crippen molar-refractivity contribution in [1.82, 2.24) is 9.71 Å². The van der Waals surface area contributed by atoms with Crippen LogP contribution in [0.5, 0.6) is 0 Å². The predicted molar refractivity (Wildman–Crippen MR) is 119 cm³/mol. The lowest BCUT2D eigenvalue weighted by Crippen LogP contribution is -2.33. The number of rotatable bonds is 4. The number of hydrogen-bond donors (Lipinski definition) is 0. The predicted octanol–water partition coefficient (Wildman–Crippen LogP) is 4.03. The van der Waals surface area contributed by atoms with Crippen LogP contribution in [0.15, 0.2) is 107 Å². The molecule has 6 nitrogen and oxygen atoms in total. The maximum Gasteiger partial charge on any atom is 0.357 e. The van der Waals surface area contributed by atoms with Crippen LogP contribution in [-0.4, -0.2) is 18.1 Å². The third kappa shape index (κ3) is 3.45. The molecule has 5 rings (SSSR count). The number of hydrogen-bond acceptors (Lipinski definition) is 5. The fourth-order valence-corrected chi connectivity index (χ4v) is 4.33. The molecule has 1 heterocycles. The van der Waals surface area contributed by atoms with E-state index in [4.69, 9.17) is 4.28 Å². The molecule has 5 aromatic rings. The molecular formula is C24H16N2O4S. The van der Waals surface area contributed by atoms with Gasteiger partial charge in [0, 0.05) is 5.56 Å². The smallest absolute Gasteiger partial charge is 0.279 e. The highest BCUT2D eigenvalue weighted by atomic mass is 32.2. The van der Waals surface area contributed by atoms with Crippen molar-refractivity contribution in [3.63, 3.8) is 0 Å². The Morgan fingerprint density at radius 2 is 1.32 bits per heavy atom. The monoisotopic (exact) mass is 428 g/mol. The van der Waals surface area contributed by atoms with E-state index in [0.717, 1.165) is 15.5 Å². The topological polar surface area (TPSA) is 78.3 Å². The first kappa shape index (κ1) is 19.0. The second kappa shape index (κ2) is 7.37. The first-order valence-corrected chi connectivity index (χ1v) is 10.9. The maximum atomic E-state index is 13.4. The summed E-state index contributed by atoms with van der Waals surface area (Å²) in [6, 6.07) is 27.6. The summed E-state index contributed by atoms with van der Waals surface area (Å²) >= 11 is 0. The summed E-state index contributed by atoms with van der Waals surface area (Å²) in [6.45, 7) is 0. The number of aromatic nitrogens is 2. The number of fused-ring (bicyclic) bond motifs is 2. The van der Waals surface area contributed by atoms with Gasteiger partial charge in [-0.25, -0.2) is 4.98 Å². The molecule has 0 radical (unpaired) electrons. The Labute approximate surface area is 178 Å². The summed E-state index contributed by atoms with van der Waals surface area (Å²) < 4.78 is 31.8. The third-order valence-corrected chi connectivity index (χ3v) is 6.13. The molecule has 0 aliphatic heterocycles. The minimum absolute atomic E-state index is 0.0560. The largest absolute Gasteiger partial charge is 0.357 e. The zero-order chi connectivity index (χ0) is 21.4. The molecule has 0 atom stereocenters. The van der Waals surface area contributed by atoms with Crippen LogP contribution in [0.2, 0.25) is 0 Å². The summed E-state index contributed by atoms with van der Waals surface area (Å²) in [5.41, 5.74) is 0.409. The molecule has 0 N–H and O–H groups in total. The highest BCUT2D eigenvalue weighted by Crippen LogP contribution is 2.23. The molecule has 0 fully saturated rings. The van der Waals surface area contributed by atoms with Gasteiger partial charge >= 0.3 is 10.1 Å². The molecule has 152 valence electrons. The lowest BCUT2D eigenvalue weighted by molar-refractivity contribution is 0.270. The third-order valence-electron chi connectivity index (χ3n) is 4.93. The van der Waals surface area contributed by atoms with E-state index < -0.39 is 15.7 Å². The zero-order valence-corrected chi connectivity index (χ0v) is 17.0. The fourth-order valence-electron chi connectivity index (χ4n) is 3.42. The molecule has 0 amide bonds. The maximum absolute atomic E-state index is 13.4. The van der Waals surface area contributed by atoms with Gasteiger partial charge in [-0.15, -0.1) is 4.73 Å². The first-order valence-electron chi connectivity index (χ1n) is 9.54. The van der Waals surface area contributed by atoms with E-state index in [1.807, 2.05) is 36.4 Å². The van der Waals surface area contributed by atoms with E-state index in [0.29, 0.717) is 11.1 Å². The Morgan fingerprint density at radius 3 is 2.00 bits per heavy atom. The molecule has 0 aliphatic rings. The van der Waals surface area contributed by atoms with Crippen LogP contribution in [0.3, 0.4) is 0 Å². The summed E-state index contributed by atoms with van der Waals surface area (Å²) in [5, 5.41) is 2.04. The van der Waals surface area contributed by atoms with E-state index >= 15 is 0 Å². The van der Waals surface area contributed by atoms with Crippen LogP contribution < -0.4 is 9.84 Å². The van der Waals surface area contributed by atoms with Crippen LogP contribution in [0.1, 0.15) is 0 Å². The normalized spacial score (nSPS) is 11.6. The summed E-state index contributed by atoms with van der Waals surface area (Å²) in [6.07, 6.45) is 0. The van der Waals surface area contributed by atoms with Crippen molar-refractivity contribution in [1.29, 1.82) is 0 Å². The minimum atomic E-state index is -4.25. The van der Waals surface area contributed by atoms with Crippen molar-refractivity contribution >= 4 is 31.8 Å². The molecule has 0 spiro atoms. The zero-order valence-electron chi connectivity index (χ0n) is 16.2. The van der Waals surface area contributed by atoms with Gasteiger partial charge in [0.05, 0.1) is 10.9 Å². The molecule has 4 aromatic carbocycles. The fraction of sp³-hybridized carbons (Fsp3) is 0. The molecular weight excluding hydrogens is 412 g/mol.